The second-order valence-electron chi connectivity index (χ2n) is 4.70. The maximum atomic E-state index is 13.4. The van der Waals surface area contributed by atoms with Gasteiger partial charge in [-0.25, -0.2) is 4.39 Å². The maximum absolute atomic E-state index is 13.4. The Bertz CT molecular complexity index is 683. The van der Waals surface area contributed by atoms with Crippen LogP contribution in [0.25, 0.3) is 0 Å². The Hall–Kier alpha value is -2.27. The molecule has 2 aromatic carbocycles. The number of nitrogens with two attached hydrogens (primary N) is 1. The van der Waals surface area contributed by atoms with Crippen molar-refractivity contribution in [2.24, 2.45) is 5.73 Å². The van der Waals surface area contributed by atoms with Gasteiger partial charge in [-0.3, -0.25) is 4.79 Å². The Morgan fingerprint density at radius 2 is 1.90 bits per heavy atom. The summed E-state index contributed by atoms with van der Waals surface area (Å²) >= 11 is 4.87. The van der Waals surface area contributed by atoms with Gasteiger partial charge >= 0.3 is 0 Å². The second kappa shape index (κ2) is 6.45. The molecule has 0 aliphatic carbocycles. The highest BCUT2D eigenvalue weighted by Gasteiger charge is 2.08. The van der Waals surface area contributed by atoms with E-state index in [0.29, 0.717) is 16.2 Å². The molecule has 0 saturated heterocycles. The summed E-state index contributed by atoms with van der Waals surface area (Å²) in [5, 5.41) is 2.71. The average Bonchev–Trinajstić information content (AvgIpc) is 2.44. The van der Waals surface area contributed by atoms with Crippen molar-refractivity contribution in [3.05, 3.63) is 65.0 Å². The summed E-state index contributed by atoms with van der Waals surface area (Å²) in [5.74, 6) is -0.541. The molecule has 0 aliphatic heterocycles. The summed E-state index contributed by atoms with van der Waals surface area (Å²) < 4.78 is 13.4. The van der Waals surface area contributed by atoms with E-state index < -0.39 is 0 Å². The lowest BCUT2D eigenvalue weighted by Gasteiger charge is -2.09. The van der Waals surface area contributed by atoms with Crippen LogP contribution in [-0.2, 0) is 11.2 Å². The van der Waals surface area contributed by atoms with E-state index in [4.69, 9.17) is 18.0 Å². The topological polar surface area (TPSA) is 55.1 Å². The van der Waals surface area contributed by atoms with Crippen molar-refractivity contribution < 1.29 is 9.18 Å². The van der Waals surface area contributed by atoms with E-state index in [1.807, 2.05) is 0 Å². The van der Waals surface area contributed by atoms with Gasteiger partial charge in [-0.2, -0.15) is 0 Å². The predicted octanol–water partition coefficient (Wildman–Crippen LogP) is 2.95. The van der Waals surface area contributed by atoms with Gasteiger partial charge in [0.05, 0.1) is 6.42 Å². The fourth-order valence-corrected chi connectivity index (χ4v) is 2.05. The van der Waals surface area contributed by atoms with E-state index in [1.54, 1.807) is 43.3 Å². The summed E-state index contributed by atoms with van der Waals surface area (Å²) in [6, 6.07) is 11.7. The van der Waals surface area contributed by atoms with Crippen LogP contribution in [0.1, 0.15) is 16.7 Å². The molecule has 0 bridgehead atoms. The zero-order valence-corrected chi connectivity index (χ0v) is 12.3. The third-order valence-electron chi connectivity index (χ3n) is 3.14. The van der Waals surface area contributed by atoms with Gasteiger partial charge in [-0.1, -0.05) is 42.5 Å². The molecule has 0 unspecified atom stereocenters. The average molecular weight is 302 g/mol. The van der Waals surface area contributed by atoms with E-state index in [9.17, 15) is 9.18 Å². The smallest absolute Gasteiger partial charge is 0.228 e. The minimum absolute atomic E-state index is 0.202. The van der Waals surface area contributed by atoms with E-state index in [-0.39, 0.29) is 18.1 Å². The molecule has 2 aromatic rings. The summed E-state index contributed by atoms with van der Waals surface area (Å²) in [5.41, 5.74) is 8.02. The van der Waals surface area contributed by atoms with Crippen LogP contribution in [0.2, 0.25) is 0 Å². The van der Waals surface area contributed by atoms with Crippen molar-refractivity contribution in [3.8, 4) is 0 Å². The van der Waals surface area contributed by atoms with E-state index >= 15 is 0 Å². The number of amides is 1. The first kappa shape index (κ1) is 15.1. The molecule has 3 nitrogen and oxygen atoms in total. The standard InChI is InChI=1S/C16H15FN2OS/c1-10-13(17)3-2-4-14(10)19-15(20)9-11-5-7-12(8-6-11)16(18)21/h2-8H,9H2,1H3,(H2,18,21)(H,19,20). The second-order valence-corrected chi connectivity index (χ2v) is 5.14. The van der Waals surface area contributed by atoms with Crippen LogP contribution in [0.3, 0.4) is 0 Å². The molecular weight excluding hydrogens is 287 g/mol. The SMILES string of the molecule is Cc1c(F)cccc1NC(=O)Cc1ccc(C(N)=S)cc1. The Kier molecular flexibility index (Phi) is 4.65. The monoisotopic (exact) mass is 302 g/mol. The van der Waals surface area contributed by atoms with Gasteiger partial charge in [0.15, 0.2) is 0 Å². The highest BCUT2D eigenvalue weighted by molar-refractivity contribution is 7.80. The lowest BCUT2D eigenvalue weighted by Crippen LogP contribution is -2.15. The van der Waals surface area contributed by atoms with Gasteiger partial charge < -0.3 is 11.1 Å². The highest BCUT2D eigenvalue weighted by Crippen LogP contribution is 2.17. The van der Waals surface area contributed by atoms with Crippen LogP contribution in [-0.4, -0.2) is 10.9 Å². The summed E-state index contributed by atoms with van der Waals surface area (Å²) in [7, 11) is 0. The minimum Gasteiger partial charge on any atom is -0.389 e. The number of halogens is 1. The van der Waals surface area contributed by atoms with E-state index in [0.717, 1.165) is 11.1 Å². The Balaban J connectivity index is 2.04. The largest absolute Gasteiger partial charge is 0.389 e. The molecular formula is C16H15FN2OS. The third-order valence-corrected chi connectivity index (χ3v) is 3.38. The van der Waals surface area contributed by atoms with Crippen LogP contribution >= 0.6 is 12.2 Å². The lowest BCUT2D eigenvalue weighted by molar-refractivity contribution is -0.115. The molecule has 0 atom stereocenters. The number of rotatable bonds is 4. The molecule has 2 rings (SSSR count). The van der Waals surface area contributed by atoms with E-state index in [1.165, 1.54) is 6.07 Å². The van der Waals surface area contributed by atoms with E-state index in [2.05, 4.69) is 5.32 Å². The number of thiocarbonyl (C=S) groups is 1. The fourth-order valence-electron chi connectivity index (χ4n) is 1.91. The number of anilines is 1. The Morgan fingerprint density at radius 1 is 1.24 bits per heavy atom. The quantitative estimate of drug-likeness (QED) is 0.854. The molecule has 0 radical (unpaired) electrons. The first-order valence-corrected chi connectivity index (χ1v) is 6.82. The molecule has 0 spiro atoms. The first-order chi connectivity index (χ1) is 9.97. The number of carbonyl (C=O) groups is 1. The van der Waals surface area contributed by atoms with Gasteiger partial charge in [-0.15, -0.1) is 0 Å². The summed E-state index contributed by atoms with van der Waals surface area (Å²) in [6.07, 6.45) is 0.202. The first-order valence-electron chi connectivity index (χ1n) is 6.41. The van der Waals surface area contributed by atoms with Crippen molar-refractivity contribution >= 4 is 28.8 Å². The molecule has 5 heteroatoms. The van der Waals surface area contributed by atoms with Crippen LogP contribution in [0.5, 0.6) is 0 Å². The summed E-state index contributed by atoms with van der Waals surface area (Å²) in [6.45, 7) is 1.63. The molecule has 0 heterocycles. The Morgan fingerprint density at radius 3 is 2.52 bits per heavy atom. The minimum atomic E-state index is -0.339. The van der Waals surface area contributed by atoms with Crippen molar-refractivity contribution in [2.75, 3.05) is 5.32 Å². The molecule has 0 saturated carbocycles. The van der Waals surface area contributed by atoms with Crippen LogP contribution in [0.15, 0.2) is 42.5 Å². The molecule has 0 fully saturated rings. The fraction of sp³-hybridized carbons (Fsp3) is 0.125. The molecule has 3 N–H and O–H groups in total. The lowest BCUT2D eigenvalue weighted by atomic mass is 10.1. The number of benzene rings is 2. The van der Waals surface area contributed by atoms with Crippen molar-refractivity contribution in [2.45, 2.75) is 13.3 Å². The van der Waals surface area contributed by atoms with Crippen molar-refractivity contribution in [1.29, 1.82) is 0 Å². The van der Waals surface area contributed by atoms with Gasteiger partial charge in [0, 0.05) is 16.8 Å². The van der Waals surface area contributed by atoms with Gasteiger partial charge in [0.2, 0.25) is 5.91 Å². The Labute approximate surface area is 128 Å². The number of hydrogen-bond donors (Lipinski definition) is 2. The van der Waals surface area contributed by atoms with Gasteiger partial charge in [-0.05, 0) is 24.6 Å². The number of nitrogens with one attached hydrogen (secondary N) is 1. The third kappa shape index (κ3) is 3.86. The highest BCUT2D eigenvalue weighted by atomic mass is 32.1. The van der Waals surface area contributed by atoms with Gasteiger partial charge in [0.1, 0.15) is 10.8 Å². The zero-order chi connectivity index (χ0) is 15.4. The van der Waals surface area contributed by atoms with Crippen LogP contribution in [0, 0.1) is 12.7 Å². The molecule has 1 amide bonds. The molecule has 21 heavy (non-hydrogen) atoms. The zero-order valence-electron chi connectivity index (χ0n) is 11.5. The van der Waals surface area contributed by atoms with Gasteiger partial charge in [0.25, 0.3) is 0 Å². The number of carbonyl (C=O) groups excluding carboxylic acids is 1. The van der Waals surface area contributed by atoms with Crippen molar-refractivity contribution in [1.82, 2.24) is 0 Å². The predicted molar refractivity (Wildman–Crippen MR) is 85.8 cm³/mol. The van der Waals surface area contributed by atoms with Crippen LogP contribution in [0.4, 0.5) is 10.1 Å². The maximum Gasteiger partial charge on any atom is 0.228 e. The molecule has 0 aliphatic rings. The summed E-state index contributed by atoms with van der Waals surface area (Å²) in [4.78, 5) is 12.3. The van der Waals surface area contributed by atoms with Crippen LogP contribution < -0.4 is 11.1 Å². The normalized spacial score (nSPS) is 10.2. The molecule has 108 valence electrons. The molecule has 0 aromatic heterocycles. The number of hydrogen-bond acceptors (Lipinski definition) is 2. The van der Waals surface area contributed by atoms with Crippen molar-refractivity contribution in [3.63, 3.8) is 0 Å².